The summed E-state index contributed by atoms with van der Waals surface area (Å²) in [5.74, 6) is 0. The quantitative estimate of drug-likeness (QED) is 0.674. The van der Waals surface area contributed by atoms with Gasteiger partial charge in [-0.3, -0.25) is 0 Å². The standard InChI is InChI=1S/C9H20N2O3S/c1-2-9(6-10)15(13,14)11-5-3-4-8(11)7-12/h8-9,12H,2-7,10H2,1H3. The van der Waals surface area contributed by atoms with Crippen LogP contribution < -0.4 is 5.73 Å². The largest absolute Gasteiger partial charge is 0.395 e. The van der Waals surface area contributed by atoms with Gasteiger partial charge in [0.15, 0.2) is 0 Å². The van der Waals surface area contributed by atoms with Crippen LogP contribution in [0.25, 0.3) is 0 Å². The Morgan fingerprint density at radius 3 is 2.73 bits per heavy atom. The second kappa shape index (κ2) is 5.25. The monoisotopic (exact) mass is 236 g/mol. The maximum Gasteiger partial charge on any atom is 0.218 e. The van der Waals surface area contributed by atoms with E-state index in [1.54, 1.807) is 0 Å². The van der Waals surface area contributed by atoms with Crippen molar-refractivity contribution in [3.05, 3.63) is 0 Å². The summed E-state index contributed by atoms with van der Waals surface area (Å²) in [7, 11) is -3.31. The van der Waals surface area contributed by atoms with Crippen molar-refractivity contribution in [1.82, 2.24) is 4.31 Å². The Morgan fingerprint density at radius 2 is 2.27 bits per heavy atom. The number of aliphatic hydroxyl groups is 1. The van der Waals surface area contributed by atoms with Crippen molar-refractivity contribution in [2.75, 3.05) is 19.7 Å². The molecule has 0 aromatic carbocycles. The van der Waals surface area contributed by atoms with Gasteiger partial charge in [-0.2, -0.15) is 4.31 Å². The molecule has 90 valence electrons. The molecular weight excluding hydrogens is 216 g/mol. The molecule has 0 radical (unpaired) electrons. The molecule has 2 atom stereocenters. The molecular formula is C9H20N2O3S. The molecule has 5 nitrogen and oxygen atoms in total. The number of nitrogens with two attached hydrogens (primary N) is 1. The number of nitrogens with zero attached hydrogens (tertiary/aromatic N) is 1. The van der Waals surface area contributed by atoms with Crippen molar-refractivity contribution in [2.24, 2.45) is 5.73 Å². The third-order valence-corrected chi connectivity index (χ3v) is 5.50. The molecule has 1 aliphatic rings. The van der Waals surface area contributed by atoms with Crippen molar-refractivity contribution < 1.29 is 13.5 Å². The number of hydrogen-bond donors (Lipinski definition) is 2. The Balaban J connectivity index is 2.84. The van der Waals surface area contributed by atoms with Crippen LogP contribution in [0.4, 0.5) is 0 Å². The van der Waals surface area contributed by atoms with E-state index < -0.39 is 15.3 Å². The van der Waals surface area contributed by atoms with E-state index in [1.807, 2.05) is 6.92 Å². The van der Waals surface area contributed by atoms with Crippen LogP contribution in [0.5, 0.6) is 0 Å². The average molecular weight is 236 g/mol. The van der Waals surface area contributed by atoms with Crippen LogP contribution in [0.2, 0.25) is 0 Å². The Labute approximate surface area is 91.3 Å². The van der Waals surface area contributed by atoms with Gasteiger partial charge in [-0.05, 0) is 19.3 Å². The third kappa shape index (κ3) is 2.50. The zero-order valence-corrected chi connectivity index (χ0v) is 9.91. The first-order chi connectivity index (χ1) is 7.07. The molecule has 1 aliphatic heterocycles. The zero-order valence-electron chi connectivity index (χ0n) is 9.09. The van der Waals surface area contributed by atoms with Crippen LogP contribution >= 0.6 is 0 Å². The Bertz CT molecular complexity index is 288. The molecule has 0 amide bonds. The molecule has 2 unspecified atom stereocenters. The Morgan fingerprint density at radius 1 is 1.60 bits per heavy atom. The molecule has 1 fully saturated rings. The second-order valence-corrected chi connectivity index (χ2v) is 6.07. The first-order valence-electron chi connectivity index (χ1n) is 5.39. The molecule has 0 aromatic heterocycles. The van der Waals surface area contributed by atoms with Crippen LogP contribution in [0.1, 0.15) is 26.2 Å². The predicted molar refractivity (Wildman–Crippen MR) is 58.9 cm³/mol. The van der Waals surface area contributed by atoms with Gasteiger partial charge >= 0.3 is 0 Å². The Hall–Kier alpha value is -0.170. The lowest BCUT2D eigenvalue weighted by Gasteiger charge is -2.26. The summed E-state index contributed by atoms with van der Waals surface area (Å²) in [5.41, 5.74) is 5.46. The van der Waals surface area contributed by atoms with Gasteiger partial charge in [0.1, 0.15) is 0 Å². The highest BCUT2D eigenvalue weighted by Gasteiger charge is 2.37. The molecule has 1 saturated heterocycles. The molecule has 0 saturated carbocycles. The lowest BCUT2D eigenvalue weighted by molar-refractivity contribution is 0.212. The van der Waals surface area contributed by atoms with Crippen molar-refractivity contribution >= 4 is 10.0 Å². The summed E-state index contributed by atoms with van der Waals surface area (Å²) in [5, 5.41) is 8.58. The molecule has 1 heterocycles. The number of sulfonamides is 1. The third-order valence-electron chi connectivity index (χ3n) is 3.00. The molecule has 1 rings (SSSR count). The van der Waals surface area contributed by atoms with Gasteiger partial charge in [0, 0.05) is 19.1 Å². The van der Waals surface area contributed by atoms with E-state index in [-0.39, 0.29) is 19.2 Å². The number of aliphatic hydroxyl groups excluding tert-OH is 1. The van der Waals surface area contributed by atoms with Gasteiger partial charge in [0.25, 0.3) is 0 Å². The topological polar surface area (TPSA) is 83.6 Å². The van der Waals surface area contributed by atoms with Crippen LogP contribution in [-0.2, 0) is 10.0 Å². The molecule has 15 heavy (non-hydrogen) atoms. The highest BCUT2D eigenvalue weighted by molar-refractivity contribution is 7.89. The van der Waals surface area contributed by atoms with E-state index in [1.165, 1.54) is 4.31 Å². The minimum atomic E-state index is -3.31. The van der Waals surface area contributed by atoms with Gasteiger partial charge in [-0.15, -0.1) is 0 Å². The predicted octanol–water partition coefficient (Wildman–Crippen LogP) is -0.490. The molecule has 3 N–H and O–H groups in total. The first kappa shape index (κ1) is 12.9. The summed E-state index contributed by atoms with van der Waals surface area (Å²) >= 11 is 0. The van der Waals surface area contributed by atoms with Crippen molar-refractivity contribution in [2.45, 2.75) is 37.5 Å². The lowest BCUT2D eigenvalue weighted by atomic mass is 10.2. The van der Waals surface area contributed by atoms with E-state index in [0.717, 1.165) is 12.8 Å². The summed E-state index contributed by atoms with van der Waals surface area (Å²) in [6, 6.07) is -0.240. The fourth-order valence-corrected chi connectivity index (χ4v) is 4.04. The highest BCUT2D eigenvalue weighted by Crippen LogP contribution is 2.23. The first-order valence-corrected chi connectivity index (χ1v) is 6.89. The summed E-state index contributed by atoms with van der Waals surface area (Å²) in [6.45, 7) is 2.39. The van der Waals surface area contributed by atoms with E-state index in [9.17, 15) is 8.42 Å². The minimum absolute atomic E-state index is 0.0970. The number of hydrogen-bond acceptors (Lipinski definition) is 4. The zero-order chi connectivity index (χ0) is 11.5. The van der Waals surface area contributed by atoms with Crippen LogP contribution in [0.15, 0.2) is 0 Å². The fourth-order valence-electron chi connectivity index (χ4n) is 2.02. The van der Waals surface area contributed by atoms with Crippen molar-refractivity contribution in [1.29, 1.82) is 0 Å². The van der Waals surface area contributed by atoms with E-state index in [2.05, 4.69) is 0 Å². The molecule has 6 heteroatoms. The smallest absolute Gasteiger partial charge is 0.218 e. The molecule has 0 aliphatic carbocycles. The second-order valence-electron chi connectivity index (χ2n) is 3.90. The highest BCUT2D eigenvalue weighted by atomic mass is 32.2. The Kier molecular flexibility index (Phi) is 4.51. The minimum Gasteiger partial charge on any atom is -0.395 e. The van der Waals surface area contributed by atoms with Gasteiger partial charge in [-0.1, -0.05) is 6.92 Å². The summed E-state index contributed by atoms with van der Waals surface area (Å²) in [6.07, 6.45) is 2.09. The van der Waals surface area contributed by atoms with Gasteiger partial charge in [0.2, 0.25) is 10.0 Å². The maximum atomic E-state index is 12.1. The van der Waals surface area contributed by atoms with Crippen molar-refractivity contribution in [3.8, 4) is 0 Å². The van der Waals surface area contributed by atoms with Gasteiger partial charge in [0.05, 0.1) is 11.9 Å². The molecule has 0 aromatic rings. The number of rotatable bonds is 5. The fraction of sp³-hybridized carbons (Fsp3) is 1.00. The van der Waals surface area contributed by atoms with Gasteiger partial charge < -0.3 is 10.8 Å². The summed E-state index contributed by atoms with van der Waals surface area (Å²) < 4.78 is 25.6. The summed E-state index contributed by atoms with van der Waals surface area (Å²) in [4.78, 5) is 0. The molecule has 0 bridgehead atoms. The van der Waals surface area contributed by atoms with Crippen LogP contribution in [-0.4, -0.2) is 48.8 Å². The lowest BCUT2D eigenvalue weighted by Crippen LogP contribution is -2.45. The van der Waals surface area contributed by atoms with Crippen LogP contribution in [0, 0.1) is 0 Å². The SMILES string of the molecule is CCC(CN)S(=O)(=O)N1CCCC1CO. The van der Waals surface area contributed by atoms with Crippen molar-refractivity contribution in [3.63, 3.8) is 0 Å². The maximum absolute atomic E-state index is 12.1. The van der Waals surface area contributed by atoms with E-state index in [4.69, 9.17) is 10.8 Å². The average Bonchev–Trinajstić information content (AvgIpc) is 2.67. The van der Waals surface area contributed by atoms with Gasteiger partial charge in [-0.25, -0.2) is 8.42 Å². The molecule has 0 spiro atoms. The van der Waals surface area contributed by atoms with E-state index >= 15 is 0 Å². The normalized spacial score (nSPS) is 25.7. The van der Waals surface area contributed by atoms with Crippen LogP contribution in [0.3, 0.4) is 0 Å². The van der Waals surface area contributed by atoms with E-state index in [0.29, 0.717) is 13.0 Å².